The maximum Gasteiger partial charge on any atom is 0.0713 e. The fourth-order valence-electron chi connectivity index (χ4n) is 1.22. The molecule has 0 N–H and O–H groups in total. The van der Waals surface area contributed by atoms with E-state index in [2.05, 4.69) is 20.9 Å². The summed E-state index contributed by atoms with van der Waals surface area (Å²) in [5.41, 5.74) is 1.93. The number of halogens is 2. The molecule has 0 fully saturated rings. The number of benzene rings is 1. The van der Waals surface area contributed by atoms with Crippen LogP contribution < -0.4 is 0 Å². The Bertz CT molecular complexity index is 442. The highest BCUT2D eigenvalue weighted by molar-refractivity contribution is 9.10. The first-order valence-corrected chi connectivity index (χ1v) is 5.31. The maximum atomic E-state index is 5.92. The summed E-state index contributed by atoms with van der Waals surface area (Å²) in [5, 5.41) is 0.717. The monoisotopic (exact) mass is 267 g/mol. The molecule has 3 heteroatoms. The van der Waals surface area contributed by atoms with Crippen LogP contribution in [0.15, 0.2) is 47.1 Å². The quantitative estimate of drug-likeness (QED) is 0.756. The van der Waals surface area contributed by atoms with Crippen molar-refractivity contribution >= 4 is 27.5 Å². The molecule has 0 amide bonds. The van der Waals surface area contributed by atoms with Crippen LogP contribution in [-0.2, 0) is 0 Å². The van der Waals surface area contributed by atoms with Crippen LogP contribution >= 0.6 is 27.5 Å². The Morgan fingerprint density at radius 3 is 2.71 bits per heavy atom. The van der Waals surface area contributed by atoms with E-state index < -0.39 is 0 Å². The molecule has 1 nitrogen and oxygen atoms in total. The molecule has 0 saturated carbocycles. The fraction of sp³-hybridized carbons (Fsp3) is 0. The zero-order valence-corrected chi connectivity index (χ0v) is 9.59. The lowest BCUT2D eigenvalue weighted by atomic mass is 10.1. The molecule has 0 unspecified atom stereocenters. The van der Waals surface area contributed by atoms with Gasteiger partial charge in [-0.15, -0.1) is 0 Å². The Labute approximate surface area is 95.9 Å². The van der Waals surface area contributed by atoms with Crippen LogP contribution in [0, 0.1) is 0 Å². The van der Waals surface area contributed by atoms with E-state index in [4.69, 9.17) is 11.6 Å². The van der Waals surface area contributed by atoms with Crippen LogP contribution in [-0.4, -0.2) is 4.98 Å². The molecular weight excluding hydrogens is 261 g/mol. The Balaban J connectivity index is 2.57. The van der Waals surface area contributed by atoms with Crippen molar-refractivity contribution < 1.29 is 0 Å². The van der Waals surface area contributed by atoms with Crippen LogP contribution in [0.1, 0.15) is 0 Å². The molecule has 14 heavy (non-hydrogen) atoms. The molecule has 0 radical (unpaired) electrons. The van der Waals surface area contributed by atoms with Gasteiger partial charge in [0.05, 0.1) is 5.69 Å². The molecule has 0 atom stereocenters. The second-order valence-corrected chi connectivity index (χ2v) is 4.13. The summed E-state index contributed by atoms with van der Waals surface area (Å²) in [6.07, 6.45) is 1.77. The first-order chi connectivity index (χ1) is 6.77. The van der Waals surface area contributed by atoms with Crippen molar-refractivity contribution in [1.82, 2.24) is 4.98 Å². The van der Waals surface area contributed by atoms with Crippen LogP contribution in [0.4, 0.5) is 0 Å². The number of aromatic nitrogens is 1. The standard InChI is InChI=1S/C11H7BrClN/c12-10-5-4-8(13)7-9(10)11-3-1-2-6-14-11/h1-7H. The van der Waals surface area contributed by atoms with Gasteiger partial charge < -0.3 is 0 Å². The van der Waals surface area contributed by atoms with Gasteiger partial charge in [0.2, 0.25) is 0 Å². The van der Waals surface area contributed by atoms with E-state index >= 15 is 0 Å². The predicted octanol–water partition coefficient (Wildman–Crippen LogP) is 4.16. The minimum Gasteiger partial charge on any atom is -0.256 e. The summed E-state index contributed by atoms with van der Waals surface area (Å²) < 4.78 is 1.00. The van der Waals surface area contributed by atoms with Crippen LogP contribution in [0.3, 0.4) is 0 Å². The van der Waals surface area contributed by atoms with E-state index in [1.807, 2.05) is 36.4 Å². The van der Waals surface area contributed by atoms with E-state index in [1.165, 1.54) is 0 Å². The minimum atomic E-state index is 0.717. The first-order valence-electron chi connectivity index (χ1n) is 4.14. The van der Waals surface area contributed by atoms with E-state index in [1.54, 1.807) is 6.20 Å². The van der Waals surface area contributed by atoms with Crippen molar-refractivity contribution in [2.45, 2.75) is 0 Å². The molecule has 0 spiro atoms. The number of pyridine rings is 1. The Morgan fingerprint density at radius 1 is 1.14 bits per heavy atom. The van der Waals surface area contributed by atoms with Gasteiger partial charge in [-0.1, -0.05) is 33.6 Å². The first kappa shape index (κ1) is 9.69. The van der Waals surface area contributed by atoms with E-state index in [0.29, 0.717) is 5.02 Å². The van der Waals surface area contributed by atoms with Gasteiger partial charge in [-0.25, -0.2) is 0 Å². The Hall–Kier alpha value is -0.860. The average molecular weight is 269 g/mol. The molecule has 2 aromatic rings. The summed E-state index contributed by atoms with van der Waals surface area (Å²) >= 11 is 9.39. The van der Waals surface area contributed by atoms with Crippen molar-refractivity contribution in [2.75, 3.05) is 0 Å². The Kier molecular flexibility index (Phi) is 2.85. The average Bonchev–Trinajstić information content (AvgIpc) is 2.23. The molecule has 1 aromatic carbocycles. The number of hydrogen-bond acceptors (Lipinski definition) is 1. The zero-order chi connectivity index (χ0) is 9.97. The minimum absolute atomic E-state index is 0.717. The molecule has 70 valence electrons. The van der Waals surface area contributed by atoms with E-state index in [-0.39, 0.29) is 0 Å². The van der Waals surface area contributed by atoms with Crippen molar-refractivity contribution in [3.8, 4) is 11.3 Å². The van der Waals surface area contributed by atoms with Gasteiger partial charge in [-0.3, -0.25) is 4.98 Å². The molecular formula is C11H7BrClN. The van der Waals surface area contributed by atoms with Crippen molar-refractivity contribution in [3.05, 3.63) is 52.1 Å². The molecule has 0 bridgehead atoms. The lowest BCUT2D eigenvalue weighted by molar-refractivity contribution is 1.32. The summed E-state index contributed by atoms with van der Waals surface area (Å²) in [7, 11) is 0. The second-order valence-electron chi connectivity index (χ2n) is 2.84. The van der Waals surface area contributed by atoms with Gasteiger partial charge in [0.1, 0.15) is 0 Å². The fourth-order valence-corrected chi connectivity index (χ4v) is 1.84. The molecule has 0 aliphatic carbocycles. The summed E-state index contributed by atoms with van der Waals surface area (Å²) in [4.78, 5) is 4.26. The molecule has 0 aliphatic rings. The summed E-state index contributed by atoms with van der Waals surface area (Å²) in [6.45, 7) is 0. The van der Waals surface area contributed by atoms with Gasteiger partial charge in [0.25, 0.3) is 0 Å². The largest absolute Gasteiger partial charge is 0.256 e. The van der Waals surface area contributed by atoms with Crippen molar-refractivity contribution in [3.63, 3.8) is 0 Å². The van der Waals surface area contributed by atoms with Gasteiger partial charge in [-0.2, -0.15) is 0 Å². The van der Waals surface area contributed by atoms with Gasteiger partial charge in [0, 0.05) is 21.3 Å². The molecule has 2 rings (SSSR count). The van der Waals surface area contributed by atoms with Gasteiger partial charge in [0.15, 0.2) is 0 Å². The van der Waals surface area contributed by atoms with Crippen LogP contribution in [0.2, 0.25) is 5.02 Å². The maximum absolute atomic E-state index is 5.92. The highest BCUT2D eigenvalue weighted by Crippen LogP contribution is 2.29. The predicted molar refractivity (Wildman–Crippen MR) is 62.4 cm³/mol. The molecule has 0 saturated heterocycles. The lowest BCUT2D eigenvalue weighted by Crippen LogP contribution is -1.83. The van der Waals surface area contributed by atoms with E-state index in [0.717, 1.165) is 15.7 Å². The van der Waals surface area contributed by atoms with Gasteiger partial charge >= 0.3 is 0 Å². The number of rotatable bonds is 1. The third kappa shape index (κ3) is 1.97. The second kappa shape index (κ2) is 4.11. The third-order valence-electron chi connectivity index (χ3n) is 1.87. The van der Waals surface area contributed by atoms with Crippen LogP contribution in [0.25, 0.3) is 11.3 Å². The summed E-state index contributed by atoms with van der Waals surface area (Å²) in [6, 6.07) is 11.5. The number of nitrogens with zero attached hydrogens (tertiary/aromatic N) is 1. The summed E-state index contributed by atoms with van der Waals surface area (Å²) in [5.74, 6) is 0. The number of hydrogen-bond donors (Lipinski definition) is 0. The highest BCUT2D eigenvalue weighted by Gasteiger charge is 2.03. The van der Waals surface area contributed by atoms with Crippen molar-refractivity contribution in [1.29, 1.82) is 0 Å². The molecule has 1 aromatic heterocycles. The smallest absolute Gasteiger partial charge is 0.0713 e. The van der Waals surface area contributed by atoms with Crippen molar-refractivity contribution in [2.24, 2.45) is 0 Å². The third-order valence-corrected chi connectivity index (χ3v) is 2.80. The van der Waals surface area contributed by atoms with Crippen LogP contribution in [0.5, 0.6) is 0 Å². The van der Waals surface area contributed by atoms with Gasteiger partial charge in [-0.05, 0) is 30.3 Å². The normalized spacial score (nSPS) is 10.1. The highest BCUT2D eigenvalue weighted by atomic mass is 79.9. The molecule has 1 heterocycles. The SMILES string of the molecule is Clc1ccc(Br)c(-c2ccccn2)c1. The molecule has 0 aliphatic heterocycles. The Morgan fingerprint density at radius 2 is 2.00 bits per heavy atom. The zero-order valence-electron chi connectivity index (χ0n) is 7.24. The topological polar surface area (TPSA) is 12.9 Å². The lowest BCUT2D eigenvalue weighted by Gasteiger charge is -2.03. The van der Waals surface area contributed by atoms with E-state index in [9.17, 15) is 0 Å².